The molecular formula is C18H21Cl3Si. The van der Waals surface area contributed by atoms with Gasteiger partial charge in [-0.2, -0.15) is 0 Å². The molecular weight excluding hydrogens is 351 g/mol. The molecule has 0 saturated carbocycles. The Kier molecular flexibility index (Phi) is 7.71. The van der Waals surface area contributed by atoms with Crippen LogP contribution in [0.5, 0.6) is 0 Å². The summed E-state index contributed by atoms with van der Waals surface area (Å²) in [7, 11) is 0. The minimum atomic E-state index is -2.60. The Bertz CT molecular complexity index is 583. The third-order valence-electron chi connectivity index (χ3n) is 3.38. The molecule has 0 bridgehead atoms. The largest absolute Gasteiger partial charge is 0.348 e. The quantitative estimate of drug-likeness (QED) is 0.405. The average molecular weight is 372 g/mol. The maximum atomic E-state index is 5.93. The van der Waals surface area contributed by atoms with E-state index in [2.05, 4.69) is 37.8 Å². The van der Waals surface area contributed by atoms with Gasteiger partial charge in [0, 0.05) is 5.54 Å². The van der Waals surface area contributed by atoms with Gasteiger partial charge in [-0.25, -0.2) is 0 Å². The molecule has 0 nitrogen and oxygen atoms in total. The first-order chi connectivity index (χ1) is 10.2. The number of halogens is 3. The van der Waals surface area contributed by atoms with Crippen LogP contribution in [0.4, 0.5) is 0 Å². The van der Waals surface area contributed by atoms with Crippen LogP contribution in [0.15, 0.2) is 55.1 Å². The average Bonchev–Trinajstić information content (AvgIpc) is 2.48. The van der Waals surface area contributed by atoms with Crippen molar-refractivity contribution in [1.29, 1.82) is 0 Å². The van der Waals surface area contributed by atoms with Gasteiger partial charge in [-0.05, 0) is 25.0 Å². The molecule has 1 unspecified atom stereocenters. The lowest BCUT2D eigenvalue weighted by Gasteiger charge is -2.17. The highest BCUT2D eigenvalue weighted by Crippen LogP contribution is 2.36. The summed E-state index contributed by atoms with van der Waals surface area (Å²) in [6, 6.07) is 13.8. The van der Waals surface area contributed by atoms with Crippen LogP contribution in [0.25, 0.3) is 6.08 Å². The van der Waals surface area contributed by atoms with E-state index in [1.807, 2.05) is 44.2 Å². The van der Waals surface area contributed by atoms with Crippen molar-refractivity contribution in [3.8, 4) is 0 Å². The summed E-state index contributed by atoms with van der Waals surface area (Å²) in [5, 5.41) is 0. The lowest BCUT2D eigenvalue weighted by molar-refractivity contribution is 1.06. The van der Waals surface area contributed by atoms with Gasteiger partial charge in [0.2, 0.25) is 0 Å². The fourth-order valence-corrected chi connectivity index (χ4v) is 3.45. The lowest BCUT2D eigenvalue weighted by Crippen LogP contribution is -2.20. The Morgan fingerprint density at radius 3 is 1.64 bits per heavy atom. The number of aryl methyl sites for hydroxylation is 2. The van der Waals surface area contributed by atoms with Crippen molar-refractivity contribution in [3.05, 3.63) is 77.4 Å². The van der Waals surface area contributed by atoms with E-state index in [4.69, 9.17) is 33.2 Å². The molecule has 0 amide bonds. The molecule has 0 N–H and O–H groups in total. The van der Waals surface area contributed by atoms with Crippen LogP contribution in [0, 0.1) is 13.8 Å². The molecule has 0 aliphatic rings. The first kappa shape index (κ1) is 19.3. The fourth-order valence-electron chi connectivity index (χ4n) is 1.75. The van der Waals surface area contributed by atoms with E-state index in [1.165, 1.54) is 16.7 Å². The van der Waals surface area contributed by atoms with Gasteiger partial charge in [0.05, 0.1) is 0 Å². The molecule has 0 aliphatic carbocycles. The number of benzene rings is 2. The number of hydrogen-bond donors (Lipinski definition) is 0. The Morgan fingerprint density at radius 1 is 0.864 bits per heavy atom. The molecule has 0 aliphatic heterocycles. The molecule has 4 heteroatoms. The van der Waals surface area contributed by atoms with E-state index in [0.717, 1.165) is 5.56 Å². The van der Waals surface area contributed by atoms with Crippen molar-refractivity contribution in [2.24, 2.45) is 0 Å². The Morgan fingerprint density at radius 2 is 1.27 bits per heavy atom. The highest BCUT2D eigenvalue weighted by molar-refractivity contribution is 7.65. The molecule has 1 atom stereocenters. The topological polar surface area (TPSA) is 0 Å². The highest BCUT2D eigenvalue weighted by atomic mass is 35.8. The first-order valence-corrected chi connectivity index (χ1v) is 12.2. The van der Waals surface area contributed by atoms with E-state index in [9.17, 15) is 0 Å². The second-order valence-corrected chi connectivity index (χ2v) is 14.3. The molecule has 2 aromatic carbocycles. The molecule has 0 radical (unpaired) electrons. The van der Waals surface area contributed by atoms with Gasteiger partial charge in [-0.3, -0.25) is 0 Å². The summed E-state index contributed by atoms with van der Waals surface area (Å²) in [4.78, 5) is 0. The van der Waals surface area contributed by atoms with Gasteiger partial charge in [-0.1, -0.05) is 79.2 Å². The van der Waals surface area contributed by atoms with Gasteiger partial charge in [0.15, 0.2) is 0 Å². The summed E-state index contributed by atoms with van der Waals surface area (Å²) >= 11 is 17.8. The molecule has 0 fully saturated rings. The van der Waals surface area contributed by atoms with Gasteiger partial charge >= 0.3 is 6.00 Å². The van der Waals surface area contributed by atoms with Gasteiger partial charge in [0.25, 0.3) is 0 Å². The molecule has 118 valence electrons. The second kappa shape index (κ2) is 8.78. The van der Waals surface area contributed by atoms with Crippen LogP contribution >= 0.6 is 33.2 Å². The normalized spacial score (nSPS) is 12.1. The zero-order valence-corrected chi connectivity index (χ0v) is 16.4. The van der Waals surface area contributed by atoms with E-state index in [-0.39, 0.29) is 5.54 Å². The van der Waals surface area contributed by atoms with E-state index in [0.29, 0.717) is 0 Å². The molecule has 0 aromatic heterocycles. The van der Waals surface area contributed by atoms with Crippen molar-refractivity contribution in [2.75, 3.05) is 0 Å². The maximum absolute atomic E-state index is 5.93. The van der Waals surface area contributed by atoms with Crippen LogP contribution in [0.2, 0.25) is 0 Å². The predicted octanol–water partition coefficient (Wildman–Crippen LogP) is 6.93. The van der Waals surface area contributed by atoms with E-state index < -0.39 is 6.00 Å². The van der Waals surface area contributed by atoms with Crippen molar-refractivity contribution < 1.29 is 0 Å². The number of rotatable bonds is 3. The third-order valence-corrected chi connectivity index (χ3v) is 7.64. The minimum Gasteiger partial charge on any atom is -0.125 e. The molecule has 0 spiro atoms. The molecule has 22 heavy (non-hydrogen) atoms. The Balaban J connectivity index is 0.000000235. The van der Waals surface area contributed by atoms with Crippen LogP contribution in [0.1, 0.15) is 34.7 Å². The third kappa shape index (κ3) is 6.58. The lowest BCUT2D eigenvalue weighted by atomic mass is 10.1. The predicted molar refractivity (Wildman–Crippen MR) is 104 cm³/mol. The summed E-state index contributed by atoms with van der Waals surface area (Å²) in [5.41, 5.74) is 4.86. The molecule has 0 saturated heterocycles. The van der Waals surface area contributed by atoms with E-state index in [1.54, 1.807) is 0 Å². The SMILES string of the molecule is C=Cc1ccc(C)cc1.Cc1ccc(C(C)[Si](Cl)(Cl)Cl)cc1. The smallest absolute Gasteiger partial charge is 0.125 e. The van der Waals surface area contributed by atoms with Crippen molar-refractivity contribution in [3.63, 3.8) is 0 Å². The van der Waals surface area contributed by atoms with Crippen molar-refractivity contribution >= 4 is 45.3 Å². The second-order valence-electron chi connectivity index (χ2n) is 5.29. The summed E-state index contributed by atoms with van der Waals surface area (Å²) in [6.45, 7) is 9.74. The maximum Gasteiger partial charge on any atom is 0.348 e. The van der Waals surface area contributed by atoms with Crippen molar-refractivity contribution in [1.82, 2.24) is 0 Å². The highest BCUT2D eigenvalue weighted by Gasteiger charge is 2.34. The first-order valence-electron chi connectivity index (χ1n) is 7.06. The fraction of sp³-hybridized carbons (Fsp3) is 0.222. The number of hydrogen-bond acceptors (Lipinski definition) is 0. The van der Waals surface area contributed by atoms with Crippen LogP contribution in [-0.2, 0) is 0 Å². The monoisotopic (exact) mass is 370 g/mol. The van der Waals surface area contributed by atoms with Gasteiger partial charge in [0.1, 0.15) is 0 Å². The summed E-state index contributed by atoms with van der Waals surface area (Å²) in [6.07, 6.45) is 1.85. The molecule has 2 rings (SSSR count). The van der Waals surface area contributed by atoms with Gasteiger partial charge in [-0.15, -0.1) is 33.2 Å². The Hall–Kier alpha value is -0.733. The zero-order chi connectivity index (χ0) is 16.8. The Labute approximate surface area is 148 Å². The van der Waals surface area contributed by atoms with E-state index >= 15 is 0 Å². The van der Waals surface area contributed by atoms with Gasteiger partial charge < -0.3 is 0 Å². The zero-order valence-electron chi connectivity index (χ0n) is 13.1. The standard InChI is InChI=1S/C9H11Cl3Si.C9H10/c1-7-3-5-9(6-4-7)8(2)13(10,11)12;1-3-9-6-4-8(2)5-7-9/h3-6,8H,1-2H3;3-7H,1H2,2H3. The summed E-state index contributed by atoms with van der Waals surface area (Å²) in [5.74, 6) is 0. The van der Waals surface area contributed by atoms with Crippen LogP contribution in [-0.4, -0.2) is 6.00 Å². The van der Waals surface area contributed by atoms with Crippen LogP contribution in [0.3, 0.4) is 0 Å². The minimum absolute atomic E-state index is 0.0538. The molecule has 2 aromatic rings. The molecule has 0 heterocycles. The van der Waals surface area contributed by atoms with Crippen LogP contribution < -0.4 is 0 Å². The van der Waals surface area contributed by atoms with Crippen molar-refractivity contribution in [2.45, 2.75) is 26.3 Å². The summed E-state index contributed by atoms with van der Waals surface area (Å²) < 4.78 is 0.